The number of carbonyl (C=O) groups is 1. The summed E-state index contributed by atoms with van der Waals surface area (Å²) in [5, 5.41) is 0.252. The van der Waals surface area contributed by atoms with Gasteiger partial charge in [-0.3, -0.25) is 9.59 Å². The van der Waals surface area contributed by atoms with Crippen molar-refractivity contribution in [1.29, 1.82) is 0 Å². The molecule has 76 valence electrons. The van der Waals surface area contributed by atoms with Crippen LogP contribution in [0.4, 0.5) is 0 Å². The number of esters is 1. The molecule has 0 saturated carbocycles. The van der Waals surface area contributed by atoms with E-state index in [4.69, 9.17) is 16.3 Å². The summed E-state index contributed by atoms with van der Waals surface area (Å²) in [4.78, 5) is 24.7. The number of hydrogen-bond acceptors (Lipinski definition) is 3. The Morgan fingerprint density at radius 2 is 2.29 bits per heavy atom. The molecule has 0 aromatic carbocycles. The van der Waals surface area contributed by atoms with Crippen molar-refractivity contribution in [3.63, 3.8) is 0 Å². The number of hydrogen-bond donors (Lipinski definition) is 1. The van der Waals surface area contributed by atoms with Gasteiger partial charge in [0.25, 0.3) is 5.56 Å². The zero-order valence-corrected chi connectivity index (χ0v) is 8.43. The van der Waals surface area contributed by atoms with Crippen molar-refractivity contribution in [2.45, 2.75) is 13.3 Å². The highest BCUT2D eigenvalue weighted by Crippen LogP contribution is 2.02. The maximum Gasteiger partial charge on any atom is 0.310 e. The molecule has 5 heteroatoms. The lowest BCUT2D eigenvalue weighted by Crippen LogP contribution is -2.17. The molecule has 0 unspecified atom stereocenters. The first-order valence-corrected chi connectivity index (χ1v) is 4.54. The molecule has 0 aliphatic heterocycles. The van der Waals surface area contributed by atoms with Crippen LogP contribution in [0.25, 0.3) is 0 Å². The van der Waals surface area contributed by atoms with Crippen LogP contribution < -0.4 is 5.56 Å². The maximum absolute atomic E-state index is 11.2. The number of pyridine rings is 1. The Kier molecular flexibility index (Phi) is 3.71. The summed E-state index contributed by atoms with van der Waals surface area (Å²) in [6.07, 6.45) is -0.0274. The summed E-state index contributed by atoms with van der Waals surface area (Å²) in [7, 11) is 0. The Morgan fingerprint density at radius 3 is 2.86 bits per heavy atom. The normalized spacial score (nSPS) is 9.86. The van der Waals surface area contributed by atoms with Gasteiger partial charge in [-0.25, -0.2) is 0 Å². The van der Waals surface area contributed by atoms with E-state index >= 15 is 0 Å². The summed E-state index contributed by atoms with van der Waals surface area (Å²) >= 11 is 5.54. The lowest BCUT2D eigenvalue weighted by Gasteiger charge is -2.00. The second kappa shape index (κ2) is 4.81. The van der Waals surface area contributed by atoms with E-state index in [1.165, 1.54) is 12.1 Å². The van der Waals surface area contributed by atoms with E-state index in [9.17, 15) is 9.59 Å². The van der Waals surface area contributed by atoms with Gasteiger partial charge in [0.2, 0.25) is 0 Å². The van der Waals surface area contributed by atoms with Gasteiger partial charge in [0.05, 0.1) is 13.0 Å². The van der Waals surface area contributed by atoms with E-state index in [2.05, 4.69) is 4.98 Å². The molecule has 0 fully saturated rings. The van der Waals surface area contributed by atoms with Crippen molar-refractivity contribution >= 4 is 17.6 Å². The molecule has 1 N–H and O–H groups in total. The molecule has 1 aromatic rings. The first-order valence-electron chi connectivity index (χ1n) is 4.16. The zero-order valence-electron chi connectivity index (χ0n) is 7.67. The fourth-order valence-electron chi connectivity index (χ4n) is 0.987. The van der Waals surface area contributed by atoms with Gasteiger partial charge in [0.15, 0.2) is 0 Å². The highest BCUT2D eigenvalue weighted by Gasteiger charge is 2.07. The summed E-state index contributed by atoms with van der Waals surface area (Å²) in [6.45, 7) is 2.02. The molecule has 0 atom stereocenters. The number of carbonyl (C=O) groups excluding carboxylic acids is 1. The average molecular weight is 216 g/mol. The van der Waals surface area contributed by atoms with Gasteiger partial charge in [-0.05, 0) is 19.1 Å². The minimum atomic E-state index is -0.416. The summed E-state index contributed by atoms with van der Waals surface area (Å²) < 4.78 is 4.71. The van der Waals surface area contributed by atoms with Crippen LogP contribution in [0.2, 0.25) is 5.15 Å². The molecule has 1 aromatic heterocycles. The largest absolute Gasteiger partial charge is 0.466 e. The van der Waals surface area contributed by atoms with Crippen molar-refractivity contribution < 1.29 is 9.53 Å². The van der Waals surface area contributed by atoms with E-state index in [-0.39, 0.29) is 17.1 Å². The Morgan fingerprint density at radius 1 is 1.57 bits per heavy atom. The second-order valence-electron chi connectivity index (χ2n) is 2.64. The third kappa shape index (κ3) is 2.88. The highest BCUT2D eigenvalue weighted by atomic mass is 35.5. The molecule has 0 spiro atoms. The minimum Gasteiger partial charge on any atom is -0.466 e. The third-order valence-corrected chi connectivity index (χ3v) is 1.82. The molecule has 0 bridgehead atoms. The van der Waals surface area contributed by atoms with Crippen molar-refractivity contribution in [3.05, 3.63) is 33.2 Å². The topological polar surface area (TPSA) is 59.2 Å². The lowest BCUT2D eigenvalue weighted by atomic mass is 10.2. The Bertz CT molecular complexity index is 386. The predicted molar refractivity (Wildman–Crippen MR) is 52.4 cm³/mol. The van der Waals surface area contributed by atoms with Gasteiger partial charge in [-0.15, -0.1) is 0 Å². The number of nitrogens with one attached hydrogen (secondary N) is 1. The van der Waals surface area contributed by atoms with E-state index in [1.807, 2.05) is 0 Å². The molecular formula is C9H10ClNO3. The standard InChI is InChI=1S/C9H10ClNO3/c1-2-14-8(12)5-6-3-4-7(10)11-9(6)13/h3-4H,2,5H2,1H3,(H,11,13). The smallest absolute Gasteiger partial charge is 0.310 e. The number of H-pyrrole nitrogens is 1. The number of rotatable bonds is 3. The maximum atomic E-state index is 11.2. The molecular weight excluding hydrogens is 206 g/mol. The zero-order chi connectivity index (χ0) is 10.6. The first-order chi connectivity index (χ1) is 6.63. The van der Waals surface area contributed by atoms with Crippen molar-refractivity contribution in [3.8, 4) is 0 Å². The van der Waals surface area contributed by atoms with Crippen LogP contribution in [0, 0.1) is 0 Å². The van der Waals surface area contributed by atoms with Crippen LogP contribution in [-0.4, -0.2) is 17.6 Å². The third-order valence-electron chi connectivity index (χ3n) is 1.60. The van der Waals surface area contributed by atoms with Crippen molar-refractivity contribution in [1.82, 2.24) is 4.98 Å². The average Bonchev–Trinajstić information content (AvgIpc) is 2.10. The second-order valence-corrected chi connectivity index (χ2v) is 3.05. The van der Waals surface area contributed by atoms with Crippen molar-refractivity contribution in [2.24, 2.45) is 0 Å². The van der Waals surface area contributed by atoms with Crippen LogP contribution in [0.5, 0.6) is 0 Å². The molecule has 0 saturated heterocycles. The number of ether oxygens (including phenoxy) is 1. The first kappa shape index (κ1) is 10.8. The van der Waals surface area contributed by atoms with Gasteiger partial charge in [-0.1, -0.05) is 11.6 Å². The Hall–Kier alpha value is -1.29. The fraction of sp³-hybridized carbons (Fsp3) is 0.333. The van der Waals surface area contributed by atoms with Crippen molar-refractivity contribution in [2.75, 3.05) is 6.61 Å². The Labute approximate surface area is 85.9 Å². The number of halogens is 1. The molecule has 0 radical (unpaired) electrons. The van der Waals surface area contributed by atoms with Gasteiger partial charge in [0, 0.05) is 5.56 Å². The van der Waals surface area contributed by atoms with E-state index < -0.39 is 5.97 Å². The number of aromatic nitrogens is 1. The summed E-state index contributed by atoms with van der Waals surface area (Å²) in [5.74, 6) is -0.416. The minimum absolute atomic E-state index is 0.0274. The molecule has 14 heavy (non-hydrogen) atoms. The van der Waals surface area contributed by atoms with Crippen LogP contribution in [0.1, 0.15) is 12.5 Å². The molecule has 0 amide bonds. The molecule has 0 aliphatic carbocycles. The van der Waals surface area contributed by atoms with Crippen LogP contribution >= 0.6 is 11.6 Å². The van der Waals surface area contributed by atoms with Crippen LogP contribution in [0.15, 0.2) is 16.9 Å². The van der Waals surface area contributed by atoms with E-state index in [0.717, 1.165) is 0 Å². The summed E-state index contributed by atoms with van der Waals surface area (Å²) in [5.41, 5.74) is -0.00148. The van der Waals surface area contributed by atoms with E-state index in [0.29, 0.717) is 12.2 Å². The SMILES string of the molecule is CCOC(=O)Cc1ccc(Cl)[nH]c1=O. The predicted octanol–water partition coefficient (Wildman–Crippen LogP) is 1.13. The highest BCUT2D eigenvalue weighted by molar-refractivity contribution is 6.29. The molecule has 0 aliphatic rings. The lowest BCUT2D eigenvalue weighted by molar-refractivity contribution is -0.142. The van der Waals surface area contributed by atoms with Gasteiger partial charge < -0.3 is 9.72 Å². The summed E-state index contributed by atoms with van der Waals surface area (Å²) in [6, 6.07) is 3.04. The van der Waals surface area contributed by atoms with E-state index in [1.54, 1.807) is 6.92 Å². The van der Waals surface area contributed by atoms with Gasteiger partial charge in [0.1, 0.15) is 5.15 Å². The van der Waals surface area contributed by atoms with Gasteiger partial charge in [-0.2, -0.15) is 0 Å². The monoisotopic (exact) mass is 215 g/mol. The Balaban J connectivity index is 2.77. The van der Waals surface area contributed by atoms with Gasteiger partial charge >= 0.3 is 5.97 Å². The quantitative estimate of drug-likeness (QED) is 0.608. The molecule has 1 rings (SSSR count). The molecule has 1 heterocycles. The fourth-order valence-corrected chi connectivity index (χ4v) is 1.14. The number of aromatic amines is 1. The van der Waals surface area contributed by atoms with Crippen LogP contribution in [-0.2, 0) is 16.0 Å². The van der Waals surface area contributed by atoms with Crippen LogP contribution in [0.3, 0.4) is 0 Å². The molecule has 4 nitrogen and oxygen atoms in total.